The van der Waals surface area contributed by atoms with Crippen LogP contribution in [0.15, 0.2) is 28.1 Å². The number of nitrogens with one attached hydrogen (secondary N) is 1. The first-order valence-corrected chi connectivity index (χ1v) is 8.79. The molecular weight excluding hydrogens is 390 g/mol. The average Bonchev–Trinajstić information content (AvgIpc) is 2.77. The van der Waals surface area contributed by atoms with E-state index in [-0.39, 0.29) is 5.91 Å². The van der Waals surface area contributed by atoms with E-state index in [9.17, 15) is 4.79 Å². The summed E-state index contributed by atoms with van der Waals surface area (Å²) in [5, 5.41) is 5.24. The van der Waals surface area contributed by atoms with Gasteiger partial charge in [0.25, 0.3) is 5.91 Å². The number of benzene rings is 1. The molecule has 22 heavy (non-hydrogen) atoms. The molecule has 116 valence electrons. The van der Waals surface area contributed by atoms with E-state index in [0.29, 0.717) is 41.8 Å². The van der Waals surface area contributed by atoms with E-state index in [2.05, 4.69) is 21.2 Å². The fourth-order valence-electron chi connectivity index (χ4n) is 2.08. The first-order chi connectivity index (χ1) is 10.6. The predicted molar refractivity (Wildman–Crippen MR) is 90.2 cm³/mol. The van der Waals surface area contributed by atoms with Gasteiger partial charge in [0.15, 0.2) is 11.5 Å². The van der Waals surface area contributed by atoms with Crippen LogP contribution in [0.5, 0.6) is 11.5 Å². The quantitative estimate of drug-likeness (QED) is 0.834. The van der Waals surface area contributed by atoms with Crippen LogP contribution in [0.4, 0.5) is 0 Å². The van der Waals surface area contributed by atoms with Gasteiger partial charge in [-0.15, -0.1) is 11.3 Å². The van der Waals surface area contributed by atoms with E-state index < -0.39 is 0 Å². The SMILES string of the molecule is O=C(NCc1cc(Br)cs1)c1cc(Cl)c2c(c1)OCCCO2. The van der Waals surface area contributed by atoms with Gasteiger partial charge < -0.3 is 14.8 Å². The molecule has 1 aromatic heterocycles. The summed E-state index contributed by atoms with van der Waals surface area (Å²) in [5.41, 5.74) is 0.463. The number of amides is 1. The molecule has 7 heteroatoms. The highest BCUT2D eigenvalue weighted by molar-refractivity contribution is 9.10. The maximum atomic E-state index is 12.3. The van der Waals surface area contributed by atoms with Gasteiger partial charge in [-0.25, -0.2) is 0 Å². The molecule has 1 N–H and O–H groups in total. The number of carbonyl (C=O) groups excluding carboxylic acids is 1. The Kier molecular flexibility index (Phi) is 4.90. The van der Waals surface area contributed by atoms with Gasteiger partial charge in [-0.3, -0.25) is 4.79 Å². The van der Waals surface area contributed by atoms with Crippen molar-refractivity contribution >= 4 is 44.8 Å². The zero-order chi connectivity index (χ0) is 15.5. The lowest BCUT2D eigenvalue weighted by Gasteiger charge is -2.11. The first-order valence-electron chi connectivity index (χ1n) is 6.74. The number of ether oxygens (including phenoxy) is 2. The molecule has 2 heterocycles. The van der Waals surface area contributed by atoms with Crippen molar-refractivity contribution in [2.45, 2.75) is 13.0 Å². The normalized spacial score (nSPS) is 13.5. The van der Waals surface area contributed by atoms with E-state index in [1.54, 1.807) is 23.5 Å². The van der Waals surface area contributed by atoms with Gasteiger partial charge >= 0.3 is 0 Å². The largest absolute Gasteiger partial charge is 0.489 e. The maximum absolute atomic E-state index is 12.3. The van der Waals surface area contributed by atoms with Crippen molar-refractivity contribution in [3.63, 3.8) is 0 Å². The Morgan fingerprint density at radius 2 is 2.14 bits per heavy atom. The van der Waals surface area contributed by atoms with E-state index in [1.165, 1.54) is 0 Å². The van der Waals surface area contributed by atoms with Crippen LogP contribution in [0, 0.1) is 0 Å². The topological polar surface area (TPSA) is 47.6 Å². The fourth-order valence-corrected chi connectivity index (χ4v) is 3.73. The Bertz CT molecular complexity index is 704. The highest BCUT2D eigenvalue weighted by atomic mass is 79.9. The molecule has 0 atom stereocenters. The summed E-state index contributed by atoms with van der Waals surface area (Å²) in [5.74, 6) is 0.842. The molecule has 0 bridgehead atoms. The molecule has 0 saturated heterocycles. The van der Waals surface area contributed by atoms with Crippen LogP contribution in [0.3, 0.4) is 0 Å². The average molecular weight is 403 g/mol. The number of fused-ring (bicyclic) bond motifs is 1. The standard InChI is InChI=1S/C15H13BrClNO3S/c16-10-6-11(22-8-10)7-18-15(19)9-4-12(17)14-13(5-9)20-2-1-3-21-14/h4-6,8H,1-3,7H2,(H,18,19). The third-order valence-electron chi connectivity index (χ3n) is 3.11. The van der Waals surface area contributed by atoms with Crippen LogP contribution in [0.25, 0.3) is 0 Å². The van der Waals surface area contributed by atoms with Crippen LogP contribution in [0.1, 0.15) is 21.7 Å². The van der Waals surface area contributed by atoms with E-state index in [4.69, 9.17) is 21.1 Å². The van der Waals surface area contributed by atoms with Crippen LogP contribution >= 0.6 is 38.9 Å². The minimum absolute atomic E-state index is 0.193. The van der Waals surface area contributed by atoms with E-state index >= 15 is 0 Å². The second kappa shape index (κ2) is 6.89. The molecule has 0 saturated carbocycles. The van der Waals surface area contributed by atoms with Crippen molar-refractivity contribution < 1.29 is 14.3 Å². The van der Waals surface area contributed by atoms with Crippen molar-refractivity contribution in [2.75, 3.05) is 13.2 Å². The Morgan fingerprint density at radius 3 is 2.91 bits per heavy atom. The minimum atomic E-state index is -0.193. The minimum Gasteiger partial charge on any atom is -0.489 e. The van der Waals surface area contributed by atoms with Gasteiger partial charge in [-0.2, -0.15) is 0 Å². The number of carbonyl (C=O) groups is 1. The lowest BCUT2D eigenvalue weighted by Crippen LogP contribution is -2.22. The molecule has 1 aliphatic heterocycles. The molecule has 2 aromatic rings. The third-order valence-corrected chi connectivity index (χ3v) is 5.09. The Balaban J connectivity index is 1.75. The number of thiophene rings is 1. The second-order valence-electron chi connectivity index (χ2n) is 4.75. The van der Waals surface area contributed by atoms with Gasteiger partial charge in [0.2, 0.25) is 0 Å². The number of rotatable bonds is 3. The van der Waals surface area contributed by atoms with Gasteiger partial charge in [0.05, 0.1) is 24.8 Å². The molecule has 3 rings (SSSR count). The lowest BCUT2D eigenvalue weighted by molar-refractivity contribution is 0.0951. The van der Waals surface area contributed by atoms with Crippen molar-refractivity contribution in [1.29, 1.82) is 0 Å². The van der Waals surface area contributed by atoms with Crippen molar-refractivity contribution in [3.8, 4) is 11.5 Å². The Labute approximate surface area is 145 Å². The van der Waals surface area contributed by atoms with Gasteiger partial charge in [0.1, 0.15) is 0 Å². The molecule has 0 radical (unpaired) electrons. The Hall–Kier alpha value is -1.24. The van der Waals surface area contributed by atoms with Crippen molar-refractivity contribution in [3.05, 3.63) is 43.5 Å². The number of halogens is 2. The van der Waals surface area contributed by atoms with Gasteiger partial charge in [0, 0.05) is 26.7 Å². The van der Waals surface area contributed by atoms with E-state index in [1.807, 2.05) is 11.4 Å². The van der Waals surface area contributed by atoms with Gasteiger partial charge in [-0.1, -0.05) is 11.6 Å². The van der Waals surface area contributed by atoms with Crippen LogP contribution in [-0.4, -0.2) is 19.1 Å². The highest BCUT2D eigenvalue weighted by Crippen LogP contribution is 2.38. The molecule has 4 nitrogen and oxygen atoms in total. The third kappa shape index (κ3) is 3.56. The monoisotopic (exact) mass is 401 g/mol. The fraction of sp³-hybridized carbons (Fsp3) is 0.267. The lowest BCUT2D eigenvalue weighted by atomic mass is 10.2. The summed E-state index contributed by atoms with van der Waals surface area (Å²) in [6.45, 7) is 1.59. The molecule has 1 aliphatic rings. The van der Waals surface area contributed by atoms with Gasteiger partial charge in [-0.05, 0) is 34.1 Å². The van der Waals surface area contributed by atoms with Crippen molar-refractivity contribution in [1.82, 2.24) is 5.32 Å². The molecule has 0 unspecified atom stereocenters. The molecule has 1 aromatic carbocycles. The maximum Gasteiger partial charge on any atom is 0.251 e. The van der Waals surface area contributed by atoms with Crippen LogP contribution in [0.2, 0.25) is 5.02 Å². The summed E-state index contributed by atoms with van der Waals surface area (Å²) in [4.78, 5) is 13.3. The highest BCUT2D eigenvalue weighted by Gasteiger charge is 2.18. The summed E-state index contributed by atoms with van der Waals surface area (Å²) >= 11 is 11.2. The van der Waals surface area contributed by atoms with Crippen LogP contribution < -0.4 is 14.8 Å². The van der Waals surface area contributed by atoms with E-state index in [0.717, 1.165) is 15.8 Å². The molecular formula is C15H13BrClNO3S. The predicted octanol–water partition coefficient (Wildman–Crippen LogP) is 4.26. The Morgan fingerprint density at radius 1 is 1.32 bits per heavy atom. The summed E-state index contributed by atoms with van der Waals surface area (Å²) in [7, 11) is 0. The summed E-state index contributed by atoms with van der Waals surface area (Å²) in [6, 6.07) is 5.26. The first kappa shape index (κ1) is 15.6. The van der Waals surface area contributed by atoms with Crippen LogP contribution in [-0.2, 0) is 6.54 Å². The molecule has 0 spiro atoms. The van der Waals surface area contributed by atoms with Crippen molar-refractivity contribution in [2.24, 2.45) is 0 Å². The second-order valence-corrected chi connectivity index (χ2v) is 7.07. The molecule has 0 fully saturated rings. The molecule has 1 amide bonds. The zero-order valence-corrected chi connectivity index (χ0v) is 14.7. The summed E-state index contributed by atoms with van der Waals surface area (Å²) < 4.78 is 12.2. The smallest absolute Gasteiger partial charge is 0.251 e. The molecule has 0 aliphatic carbocycles. The number of hydrogen-bond donors (Lipinski definition) is 1. The number of hydrogen-bond acceptors (Lipinski definition) is 4. The zero-order valence-electron chi connectivity index (χ0n) is 11.5. The summed E-state index contributed by atoms with van der Waals surface area (Å²) in [6.07, 6.45) is 0.791.